The third-order valence-electron chi connectivity index (χ3n) is 3.57. The molecule has 5 heteroatoms. The van der Waals surface area contributed by atoms with Crippen LogP contribution in [0, 0.1) is 0 Å². The maximum absolute atomic E-state index is 11.1. The molecule has 0 N–H and O–H groups in total. The number of carbonyl (C=O) groups excluding carboxylic acids is 1. The lowest BCUT2D eigenvalue weighted by molar-refractivity contribution is -0.140. The zero-order chi connectivity index (χ0) is 13.7. The van der Waals surface area contributed by atoms with E-state index in [4.69, 9.17) is 0 Å². The summed E-state index contributed by atoms with van der Waals surface area (Å²) >= 11 is 0. The van der Waals surface area contributed by atoms with Gasteiger partial charge in [0.05, 0.1) is 7.11 Å². The largest absolute Gasteiger partial charge is 0.469 e. The summed E-state index contributed by atoms with van der Waals surface area (Å²) in [5, 5.41) is 0. The maximum Gasteiger partial charge on any atom is 0.305 e. The number of aromatic nitrogens is 2. The number of hydrogen-bond donors (Lipinski definition) is 0. The highest BCUT2D eigenvalue weighted by molar-refractivity contribution is 5.69. The number of aryl methyl sites for hydroxylation is 1. The van der Waals surface area contributed by atoms with Crippen LogP contribution in [0.1, 0.15) is 36.9 Å². The van der Waals surface area contributed by atoms with Crippen LogP contribution >= 0.6 is 0 Å². The predicted molar refractivity (Wildman–Crippen MR) is 73.2 cm³/mol. The minimum absolute atomic E-state index is 0.155. The van der Waals surface area contributed by atoms with Crippen molar-refractivity contribution in [2.24, 2.45) is 0 Å². The Morgan fingerprint density at radius 1 is 1.37 bits per heavy atom. The second-order valence-electron chi connectivity index (χ2n) is 4.93. The van der Waals surface area contributed by atoms with Gasteiger partial charge in [-0.1, -0.05) is 0 Å². The van der Waals surface area contributed by atoms with Crippen LogP contribution in [0.2, 0.25) is 0 Å². The molecule has 0 bridgehead atoms. The van der Waals surface area contributed by atoms with Crippen LogP contribution in [0.15, 0.2) is 6.33 Å². The standard InChI is InChI=1S/C14H21N3O2/c1-17(9-5-8-13(18)19-2)14-11-6-3-4-7-12(11)15-10-16-14/h10H,3-9H2,1-2H3. The highest BCUT2D eigenvalue weighted by atomic mass is 16.5. The zero-order valence-corrected chi connectivity index (χ0v) is 11.7. The quantitative estimate of drug-likeness (QED) is 0.757. The second-order valence-corrected chi connectivity index (χ2v) is 4.93. The number of fused-ring (bicyclic) bond motifs is 1. The Morgan fingerprint density at radius 2 is 2.16 bits per heavy atom. The van der Waals surface area contributed by atoms with Gasteiger partial charge in [-0.05, 0) is 32.1 Å². The van der Waals surface area contributed by atoms with Crippen molar-refractivity contribution in [3.8, 4) is 0 Å². The lowest BCUT2D eigenvalue weighted by atomic mass is 9.96. The fourth-order valence-corrected chi connectivity index (χ4v) is 2.50. The molecule has 1 aliphatic rings. The van der Waals surface area contributed by atoms with Crippen molar-refractivity contribution < 1.29 is 9.53 Å². The van der Waals surface area contributed by atoms with Crippen molar-refractivity contribution in [2.75, 3.05) is 25.6 Å². The van der Waals surface area contributed by atoms with Crippen molar-refractivity contribution in [2.45, 2.75) is 38.5 Å². The number of nitrogens with zero attached hydrogens (tertiary/aromatic N) is 3. The van der Waals surface area contributed by atoms with Crippen LogP contribution in [0.3, 0.4) is 0 Å². The zero-order valence-electron chi connectivity index (χ0n) is 11.7. The molecule has 0 saturated carbocycles. The van der Waals surface area contributed by atoms with Gasteiger partial charge in [0.15, 0.2) is 0 Å². The molecule has 0 radical (unpaired) electrons. The van der Waals surface area contributed by atoms with E-state index in [0.717, 1.165) is 31.6 Å². The van der Waals surface area contributed by atoms with Gasteiger partial charge in [0, 0.05) is 31.3 Å². The number of rotatable bonds is 5. The van der Waals surface area contributed by atoms with Gasteiger partial charge in [0.2, 0.25) is 0 Å². The van der Waals surface area contributed by atoms with E-state index < -0.39 is 0 Å². The average Bonchev–Trinajstić information content (AvgIpc) is 2.46. The molecular weight excluding hydrogens is 242 g/mol. The minimum Gasteiger partial charge on any atom is -0.469 e. The Kier molecular flexibility index (Phi) is 4.71. The maximum atomic E-state index is 11.1. The molecule has 19 heavy (non-hydrogen) atoms. The normalized spacial score (nSPS) is 13.8. The Morgan fingerprint density at radius 3 is 2.95 bits per heavy atom. The summed E-state index contributed by atoms with van der Waals surface area (Å²) in [5.41, 5.74) is 2.48. The molecule has 0 saturated heterocycles. The van der Waals surface area contributed by atoms with Crippen LogP contribution in [0.5, 0.6) is 0 Å². The first kappa shape index (κ1) is 13.8. The van der Waals surface area contributed by atoms with Crippen molar-refractivity contribution in [1.29, 1.82) is 0 Å². The summed E-state index contributed by atoms with van der Waals surface area (Å²) in [6.07, 6.45) is 7.43. The molecule has 0 unspecified atom stereocenters. The first-order valence-corrected chi connectivity index (χ1v) is 6.83. The molecule has 1 aromatic rings. The van der Waals surface area contributed by atoms with Crippen molar-refractivity contribution in [3.63, 3.8) is 0 Å². The molecule has 0 spiro atoms. The molecule has 5 nitrogen and oxygen atoms in total. The fraction of sp³-hybridized carbons (Fsp3) is 0.643. The van der Waals surface area contributed by atoms with Gasteiger partial charge in [0.25, 0.3) is 0 Å². The van der Waals surface area contributed by atoms with Gasteiger partial charge in [-0.25, -0.2) is 9.97 Å². The van der Waals surface area contributed by atoms with Crippen molar-refractivity contribution in [1.82, 2.24) is 9.97 Å². The molecule has 0 aliphatic heterocycles. The highest BCUT2D eigenvalue weighted by Crippen LogP contribution is 2.26. The Balaban J connectivity index is 1.99. The average molecular weight is 263 g/mol. The summed E-state index contributed by atoms with van der Waals surface area (Å²) in [4.78, 5) is 22.0. The van der Waals surface area contributed by atoms with E-state index in [-0.39, 0.29) is 5.97 Å². The Labute approximate surface area is 114 Å². The number of carbonyl (C=O) groups is 1. The van der Waals surface area contributed by atoms with Crippen LogP contribution in [-0.2, 0) is 22.4 Å². The molecule has 0 aromatic carbocycles. The SMILES string of the molecule is COC(=O)CCCN(C)c1ncnc2c1CCCC2. The van der Waals surface area contributed by atoms with E-state index in [9.17, 15) is 4.79 Å². The van der Waals surface area contributed by atoms with Gasteiger partial charge in [-0.2, -0.15) is 0 Å². The van der Waals surface area contributed by atoms with E-state index >= 15 is 0 Å². The molecule has 0 atom stereocenters. The summed E-state index contributed by atoms with van der Waals surface area (Å²) < 4.78 is 4.65. The van der Waals surface area contributed by atoms with Crippen molar-refractivity contribution >= 4 is 11.8 Å². The van der Waals surface area contributed by atoms with E-state index in [0.29, 0.717) is 6.42 Å². The molecule has 2 rings (SSSR count). The molecular formula is C14H21N3O2. The van der Waals surface area contributed by atoms with E-state index in [1.165, 1.54) is 31.2 Å². The van der Waals surface area contributed by atoms with E-state index in [2.05, 4.69) is 19.6 Å². The van der Waals surface area contributed by atoms with Crippen LogP contribution in [0.4, 0.5) is 5.82 Å². The summed E-state index contributed by atoms with van der Waals surface area (Å²) in [5.74, 6) is 0.868. The van der Waals surface area contributed by atoms with Gasteiger partial charge < -0.3 is 9.64 Å². The molecule has 1 aromatic heterocycles. The summed E-state index contributed by atoms with van der Waals surface area (Å²) in [6, 6.07) is 0. The molecule has 1 aliphatic carbocycles. The first-order valence-electron chi connectivity index (χ1n) is 6.83. The number of esters is 1. The van der Waals surface area contributed by atoms with Crippen LogP contribution in [-0.4, -0.2) is 36.6 Å². The Hall–Kier alpha value is -1.65. The lowest BCUT2D eigenvalue weighted by Crippen LogP contribution is -2.24. The highest BCUT2D eigenvalue weighted by Gasteiger charge is 2.17. The number of anilines is 1. The molecule has 104 valence electrons. The van der Waals surface area contributed by atoms with Gasteiger partial charge >= 0.3 is 5.97 Å². The third kappa shape index (κ3) is 3.43. The predicted octanol–water partition coefficient (Wildman–Crippen LogP) is 1.74. The van der Waals surface area contributed by atoms with Gasteiger partial charge in [-0.15, -0.1) is 0 Å². The fourth-order valence-electron chi connectivity index (χ4n) is 2.50. The van der Waals surface area contributed by atoms with Gasteiger partial charge in [0.1, 0.15) is 12.1 Å². The molecule has 1 heterocycles. The van der Waals surface area contributed by atoms with Crippen LogP contribution in [0.25, 0.3) is 0 Å². The Bertz CT molecular complexity index is 448. The minimum atomic E-state index is -0.155. The molecule has 0 amide bonds. The number of methoxy groups -OCH3 is 1. The third-order valence-corrected chi connectivity index (χ3v) is 3.57. The summed E-state index contributed by atoms with van der Waals surface area (Å²) in [6.45, 7) is 0.804. The van der Waals surface area contributed by atoms with Gasteiger partial charge in [-0.3, -0.25) is 4.79 Å². The summed E-state index contributed by atoms with van der Waals surface area (Å²) in [7, 11) is 3.45. The van der Waals surface area contributed by atoms with E-state index in [1.54, 1.807) is 6.33 Å². The van der Waals surface area contributed by atoms with Crippen LogP contribution < -0.4 is 4.90 Å². The van der Waals surface area contributed by atoms with Crippen molar-refractivity contribution in [3.05, 3.63) is 17.6 Å². The smallest absolute Gasteiger partial charge is 0.305 e. The number of ether oxygens (including phenoxy) is 1. The monoisotopic (exact) mass is 263 g/mol. The lowest BCUT2D eigenvalue weighted by Gasteiger charge is -2.24. The first-order chi connectivity index (χ1) is 9.22. The topological polar surface area (TPSA) is 55.3 Å². The number of hydrogen-bond acceptors (Lipinski definition) is 5. The van der Waals surface area contributed by atoms with E-state index in [1.807, 2.05) is 7.05 Å². The second kappa shape index (κ2) is 6.50. The molecule has 0 fully saturated rings.